The Hall–Kier alpha value is -1.41. The molecule has 0 saturated carbocycles. The number of nitrogens with one attached hydrogen (secondary N) is 1. The van der Waals surface area contributed by atoms with Gasteiger partial charge in [0.1, 0.15) is 0 Å². The molecule has 0 rings (SSSR count). The molecule has 0 bridgehead atoms. The van der Waals surface area contributed by atoms with Crippen molar-refractivity contribution in [1.82, 2.24) is 5.32 Å². The van der Waals surface area contributed by atoms with E-state index in [1.54, 1.807) is 0 Å². The smallest absolute Gasteiger partial charge is 0.385 e. The van der Waals surface area contributed by atoms with Crippen LogP contribution in [0.2, 0.25) is 0 Å². The maximum Gasteiger partial charge on any atom is 0.392 e. The Morgan fingerprint density at radius 3 is 1.73 bits per heavy atom. The molecule has 0 aromatic rings. The van der Waals surface area contributed by atoms with Crippen LogP contribution in [-0.2, 0) is 9.53 Å². The fraction of sp³-hybridized carbons (Fsp3) is 0.909. The van der Waals surface area contributed by atoms with Crippen molar-refractivity contribution in [3.8, 4) is 0 Å². The van der Waals surface area contributed by atoms with Gasteiger partial charge in [-0.3, -0.25) is 4.79 Å². The molecule has 0 saturated heterocycles. The van der Waals surface area contributed by atoms with Gasteiger partial charge in [0, 0.05) is 20.3 Å². The Morgan fingerprint density at radius 2 is 1.35 bits per heavy atom. The monoisotopic (exact) mass is 417 g/mol. The summed E-state index contributed by atoms with van der Waals surface area (Å²) in [4.78, 5) is 10.9. The molecule has 0 aromatic carbocycles. The van der Waals surface area contributed by atoms with Crippen molar-refractivity contribution in [2.24, 2.45) is 0 Å². The summed E-state index contributed by atoms with van der Waals surface area (Å²) in [5.74, 6) is -39.7. The molecule has 15 heteroatoms. The number of ether oxygens (including phenoxy) is 1. The van der Waals surface area contributed by atoms with Crippen LogP contribution in [0.3, 0.4) is 0 Å². The number of methoxy groups -OCH3 is 1. The van der Waals surface area contributed by atoms with Gasteiger partial charge in [0.25, 0.3) is 5.91 Å². The van der Waals surface area contributed by atoms with Crippen LogP contribution in [0.25, 0.3) is 0 Å². The van der Waals surface area contributed by atoms with Crippen LogP contribution in [0, 0.1) is 0 Å². The van der Waals surface area contributed by atoms with Crippen molar-refractivity contribution < 1.29 is 62.2 Å². The van der Waals surface area contributed by atoms with Gasteiger partial charge in [-0.25, -0.2) is 8.78 Å². The summed E-state index contributed by atoms with van der Waals surface area (Å²) in [6, 6.07) is 0. The van der Waals surface area contributed by atoms with E-state index in [2.05, 4.69) is 4.74 Å². The first-order valence-corrected chi connectivity index (χ1v) is 6.37. The number of hydrogen-bond donors (Lipinski definition) is 1. The van der Waals surface area contributed by atoms with Crippen molar-refractivity contribution in [3.05, 3.63) is 0 Å². The third-order valence-corrected chi connectivity index (χ3v) is 2.97. The zero-order valence-corrected chi connectivity index (χ0v) is 12.6. The summed E-state index contributed by atoms with van der Waals surface area (Å²) in [5, 5.41) is 0.986. The SMILES string of the molecule is COCCCNC(=O)C(F)(F)C(F)(F)C(F)(F)C(F)(F)C(F)(F)C(F)F. The summed E-state index contributed by atoms with van der Waals surface area (Å²) < 4.78 is 158. The number of carbonyl (C=O) groups excluding carboxylic acids is 1. The van der Waals surface area contributed by atoms with E-state index >= 15 is 0 Å². The summed E-state index contributed by atoms with van der Waals surface area (Å²) in [6.45, 7) is -1.06. The maximum atomic E-state index is 13.3. The number of rotatable bonds is 10. The lowest BCUT2D eigenvalue weighted by Gasteiger charge is -2.38. The minimum absolute atomic E-state index is 0.211. The van der Waals surface area contributed by atoms with Gasteiger partial charge in [-0.2, -0.15) is 43.9 Å². The zero-order chi connectivity index (χ0) is 21.2. The van der Waals surface area contributed by atoms with Crippen molar-refractivity contribution in [2.45, 2.75) is 42.5 Å². The average molecular weight is 417 g/mol. The van der Waals surface area contributed by atoms with E-state index in [1.165, 1.54) is 0 Å². The van der Waals surface area contributed by atoms with E-state index in [1.807, 2.05) is 0 Å². The largest absolute Gasteiger partial charge is 0.392 e. The predicted octanol–water partition coefficient (Wildman–Crippen LogP) is 3.58. The number of amides is 1. The molecule has 1 amide bonds. The first-order chi connectivity index (χ1) is 11.4. The summed E-state index contributed by atoms with van der Waals surface area (Å²) >= 11 is 0. The summed E-state index contributed by atoms with van der Waals surface area (Å²) in [5.41, 5.74) is 0. The lowest BCUT2D eigenvalue weighted by Crippen LogP contribution is -2.70. The van der Waals surface area contributed by atoms with Gasteiger partial charge >= 0.3 is 36.0 Å². The fourth-order valence-corrected chi connectivity index (χ4v) is 1.41. The van der Waals surface area contributed by atoms with Gasteiger partial charge in [0.2, 0.25) is 0 Å². The Bertz CT molecular complexity index is 494. The molecule has 0 radical (unpaired) electrons. The molecule has 0 fully saturated rings. The minimum Gasteiger partial charge on any atom is -0.385 e. The van der Waals surface area contributed by atoms with Crippen LogP contribution in [-0.4, -0.2) is 62.2 Å². The summed E-state index contributed by atoms with van der Waals surface area (Å²) in [6.07, 6.45) is -5.88. The van der Waals surface area contributed by atoms with Crippen LogP contribution in [0.15, 0.2) is 0 Å². The molecule has 1 N–H and O–H groups in total. The van der Waals surface area contributed by atoms with Crippen LogP contribution in [0.1, 0.15) is 6.42 Å². The number of hydrogen-bond acceptors (Lipinski definition) is 2. The van der Waals surface area contributed by atoms with Gasteiger partial charge in [0.15, 0.2) is 0 Å². The first kappa shape index (κ1) is 24.6. The van der Waals surface area contributed by atoms with Crippen molar-refractivity contribution in [1.29, 1.82) is 0 Å². The van der Waals surface area contributed by atoms with Crippen LogP contribution >= 0.6 is 0 Å². The molecule has 156 valence electrons. The second-order valence-corrected chi connectivity index (χ2v) is 4.82. The molecule has 0 unspecified atom stereocenters. The Balaban J connectivity index is 5.77. The van der Waals surface area contributed by atoms with E-state index in [0.29, 0.717) is 0 Å². The molecule has 26 heavy (non-hydrogen) atoms. The lowest BCUT2D eigenvalue weighted by atomic mass is 9.94. The van der Waals surface area contributed by atoms with Gasteiger partial charge in [-0.15, -0.1) is 0 Å². The molecule has 0 aliphatic rings. The Kier molecular flexibility index (Phi) is 7.26. The van der Waals surface area contributed by atoms with Crippen molar-refractivity contribution >= 4 is 5.91 Å². The van der Waals surface area contributed by atoms with Gasteiger partial charge < -0.3 is 10.1 Å². The van der Waals surface area contributed by atoms with E-state index in [0.717, 1.165) is 12.4 Å². The third-order valence-electron chi connectivity index (χ3n) is 2.97. The molecular formula is C11H11F12NO2. The molecular weight excluding hydrogens is 406 g/mol. The number of carbonyl (C=O) groups is 1. The second-order valence-electron chi connectivity index (χ2n) is 4.82. The highest BCUT2D eigenvalue weighted by molar-refractivity contribution is 5.84. The maximum absolute atomic E-state index is 13.3. The van der Waals surface area contributed by atoms with Crippen LogP contribution in [0.4, 0.5) is 52.7 Å². The van der Waals surface area contributed by atoms with E-state index in [4.69, 9.17) is 0 Å². The highest BCUT2D eigenvalue weighted by atomic mass is 19.4. The number of halogens is 12. The third kappa shape index (κ3) is 3.81. The molecule has 3 nitrogen and oxygen atoms in total. The molecule has 0 atom stereocenters. The normalized spacial score (nSPS) is 14.7. The minimum atomic E-state index is -7.71. The number of alkyl halides is 12. The zero-order valence-electron chi connectivity index (χ0n) is 12.6. The van der Waals surface area contributed by atoms with Crippen molar-refractivity contribution in [2.75, 3.05) is 20.3 Å². The van der Waals surface area contributed by atoms with E-state index in [-0.39, 0.29) is 13.0 Å². The van der Waals surface area contributed by atoms with E-state index in [9.17, 15) is 57.5 Å². The van der Waals surface area contributed by atoms with E-state index < -0.39 is 48.5 Å². The van der Waals surface area contributed by atoms with Gasteiger partial charge in [0.05, 0.1) is 0 Å². The highest BCUT2D eigenvalue weighted by Crippen LogP contribution is 2.58. The topological polar surface area (TPSA) is 38.3 Å². The lowest BCUT2D eigenvalue weighted by molar-refractivity contribution is -0.407. The van der Waals surface area contributed by atoms with Crippen LogP contribution < -0.4 is 5.32 Å². The standard InChI is InChI=1S/C11H11F12NO2/c1-26-4-2-3-24-6(25)8(16,17)10(20,21)11(22,23)9(18,19)7(14,15)5(12)13/h5H,2-4H2,1H3,(H,24,25). The van der Waals surface area contributed by atoms with Gasteiger partial charge in [-0.1, -0.05) is 0 Å². The molecule has 0 aromatic heterocycles. The predicted molar refractivity (Wildman–Crippen MR) is 60.2 cm³/mol. The molecule has 0 spiro atoms. The second kappa shape index (κ2) is 7.68. The van der Waals surface area contributed by atoms with Crippen molar-refractivity contribution in [3.63, 3.8) is 0 Å². The molecule has 0 aliphatic heterocycles. The quantitative estimate of drug-likeness (QED) is 0.436. The molecule has 0 heterocycles. The Labute approximate surface area is 137 Å². The van der Waals surface area contributed by atoms with Crippen LogP contribution in [0.5, 0.6) is 0 Å². The summed E-state index contributed by atoms with van der Waals surface area (Å²) in [7, 11) is 1.11. The van der Waals surface area contributed by atoms with Gasteiger partial charge in [-0.05, 0) is 6.42 Å². The molecule has 0 aliphatic carbocycles. The average Bonchev–Trinajstić information content (AvgIpc) is 2.50. The first-order valence-electron chi connectivity index (χ1n) is 6.37. The fourth-order valence-electron chi connectivity index (χ4n) is 1.41. The highest BCUT2D eigenvalue weighted by Gasteiger charge is 2.89. The Morgan fingerprint density at radius 1 is 0.885 bits per heavy atom.